The molecule has 174 valence electrons. The number of nitrogens with two attached hydrogens (primary N) is 2. The van der Waals surface area contributed by atoms with E-state index in [0.717, 1.165) is 64.6 Å². The fraction of sp³-hybridized carbons (Fsp3) is 0.385. The normalized spacial score (nSPS) is 11.6. The lowest BCUT2D eigenvalue weighted by molar-refractivity contribution is 0.145. The van der Waals surface area contributed by atoms with Gasteiger partial charge in [0.15, 0.2) is 5.82 Å². The molecular formula is C26H33N5O2. The molecule has 0 fully saturated rings. The Morgan fingerprint density at radius 1 is 1.03 bits per heavy atom. The first-order chi connectivity index (χ1) is 16.0. The maximum absolute atomic E-state index is 9.96. The third-order valence-electron chi connectivity index (χ3n) is 6.00. The predicted octanol–water partition coefficient (Wildman–Crippen LogP) is 4.09. The van der Waals surface area contributed by atoms with Gasteiger partial charge in [0.2, 0.25) is 0 Å². The summed E-state index contributed by atoms with van der Waals surface area (Å²) in [5.74, 6) is 1.77. The Balaban J connectivity index is 1.84. The second-order valence-electron chi connectivity index (χ2n) is 8.54. The first-order valence-corrected chi connectivity index (χ1v) is 11.6. The van der Waals surface area contributed by atoms with Crippen LogP contribution >= 0.6 is 0 Å². The summed E-state index contributed by atoms with van der Waals surface area (Å²) in [7, 11) is 0. The summed E-state index contributed by atoms with van der Waals surface area (Å²) in [6.07, 6.45) is 3.81. The van der Waals surface area contributed by atoms with E-state index in [4.69, 9.17) is 21.2 Å². The smallest absolute Gasteiger partial charge is 0.152 e. The number of anilines is 1. The predicted molar refractivity (Wildman–Crippen MR) is 134 cm³/mol. The molecule has 2 aromatic heterocycles. The van der Waals surface area contributed by atoms with Gasteiger partial charge in [0.1, 0.15) is 17.1 Å². The Bertz CT molecular complexity index is 1260. The first kappa shape index (κ1) is 23.0. The second-order valence-corrected chi connectivity index (χ2v) is 8.54. The number of benzene rings is 2. The van der Waals surface area contributed by atoms with E-state index in [1.165, 1.54) is 5.56 Å². The third-order valence-corrected chi connectivity index (χ3v) is 6.00. The highest BCUT2D eigenvalue weighted by Gasteiger charge is 2.18. The summed E-state index contributed by atoms with van der Waals surface area (Å²) < 4.78 is 7.85. The molecule has 33 heavy (non-hydrogen) atoms. The van der Waals surface area contributed by atoms with Crippen molar-refractivity contribution in [2.75, 3.05) is 25.5 Å². The number of hydrogen-bond donors (Lipinski definition) is 3. The van der Waals surface area contributed by atoms with Crippen molar-refractivity contribution in [2.45, 2.75) is 46.1 Å². The molecule has 2 heterocycles. The van der Waals surface area contributed by atoms with Gasteiger partial charge >= 0.3 is 0 Å². The minimum absolute atomic E-state index is 0.306. The zero-order valence-corrected chi connectivity index (χ0v) is 19.5. The molecule has 0 bridgehead atoms. The Kier molecular flexibility index (Phi) is 7.11. The van der Waals surface area contributed by atoms with Crippen LogP contribution in [0.5, 0.6) is 5.75 Å². The van der Waals surface area contributed by atoms with E-state index in [2.05, 4.69) is 28.6 Å². The van der Waals surface area contributed by atoms with Gasteiger partial charge in [0.05, 0.1) is 24.2 Å². The third kappa shape index (κ3) is 4.94. The number of ether oxygens (including phenoxy) is 1. The molecule has 4 aromatic rings. The van der Waals surface area contributed by atoms with Crippen molar-refractivity contribution in [3.8, 4) is 5.75 Å². The molecule has 0 unspecified atom stereocenters. The van der Waals surface area contributed by atoms with Gasteiger partial charge < -0.3 is 25.9 Å². The van der Waals surface area contributed by atoms with Crippen molar-refractivity contribution in [3.05, 3.63) is 58.9 Å². The quantitative estimate of drug-likeness (QED) is 0.316. The van der Waals surface area contributed by atoms with Gasteiger partial charge in [-0.2, -0.15) is 0 Å². The molecule has 0 aliphatic heterocycles. The highest BCUT2D eigenvalue weighted by Crippen LogP contribution is 2.31. The van der Waals surface area contributed by atoms with Gasteiger partial charge in [-0.3, -0.25) is 0 Å². The van der Waals surface area contributed by atoms with Crippen molar-refractivity contribution in [2.24, 2.45) is 5.73 Å². The van der Waals surface area contributed by atoms with Crippen LogP contribution in [0, 0.1) is 6.92 Å². The molecular weight excluding hydrogens is 414 g/mol. The number of hydrogen-bond acceptors (Lipinski definition) is 6. The number of nitrogens with zero attached hydrogens (tertiary/aromatic N) is 3. The fourth-order valence-electron chi connectivity index (χ4n) is 4.23. The van der Waals surface area contributed by atoms with Crippen LogP contribution in [0.1, 0.15) is 42.3 Å². The highest BCUT2D eigenvalue weighted by atomic mass is 16.5. The molecule has 7 nitrogen and oxygen atoms in total. The van der Waals surface area contributed by atoms with Crippen LogP contribution in [0.15, 0.2) is 36.4 Å². The number of nitrogen functional groups attached to an aromatic ring is 1. The zero-order valence-electron chi connectivity index (χ0n) is 19.5. The van der Waals surface area contributed by atoms with E-state index in [9.17, 15) is 5.11 Å². The largest absolute Gasteiger partial charge is 0.508 e. The molecule has 0 aliphatic rings. The molecule has 7 heteroatoms. The summed E-state index contributed by atoms with van der Waals surface area (Å²) >= 11 is 0. The number of unbranched alkanes of at least 4 members (excludes halogenated alkanes) is 1. The van der Waals surface area contributed by atoms with Crippen LogP contribution in [0.2, 0.25) is 0 Å². The van der Waals surface area contributed by atoms with E-state index in [1.54, 1.807) is 6.07 Å². The van der Waals surface area contributed by atoms with E-state index in [0.29, 0.717) is 37.9 Å². The Labute approximate surface area is 194 Å². The minimum atomic E-state index is 0.306. The summed E-state index contributed by atoms with van der Waals surface area (Å²) in [6.45, 7) is 6.47. The zero-order chi connectivity index (χ0) is 23.4. The number of phenolic OH excluding ortho intramolecular Hbond substituents is 1. The average molecular weight is 448 g/mol. The van der Waals surface area contributed by atoms with Gasteiger partial charge in [-0.25, -0.2) is 9.97 Å². The summed E-state index contributed by atoms with van der Waals surface area (Å²) in [4.78, 5) is 9.58. The number of fused-ring (bicyclic) bond motifs is 3. The number of aryl methyl sites for hydroxylation is 2. The molecule has 2 aromatic carbocycles. The summed E-state index contributed by atoms with van der Waals surface area (Å²) in [5.41, 5.74) is 17.7. The highest BCUT2D eigenvalue weighted by molar-refractivity contribution is 6.06. The number of aromatic hydroxyl groups is 1. The molecule has 5 N–H and O–H groups in total. The Hall–Kier alpha value is -3.16. The minimum Gasteiger partial charge on any atom is -0.508 e. The lowest BCUT2D eigenvalue weighted by atomic mass is 10.1. The maximum atomic E-state index is 9.96. The number of phenols is 1. The Morgan fingerprint density at radius 3 is 2.61 bits per heavy atom. The van der Waals surface area contributed by atoms with Crippen LogP contribution in [0.25, 0.3) is 21.9 Å². The standard InChI is InChI=1S/C26H33N5O2/c1-3-4-5-23-30-24-25(31(23)16-19-7-9-22(32)17(2)14-19)20-15-18(10-12-33-13-11-27)6-8-21(20)29-26(24)28/h6-9,14-15,32H,3-5,10-13,16,27H2,1-2H3,(H2,28,29). The van der Waals surface area contributed by atoms with Crippen molar-refractivity contribution < 1.29 is 9.84 Å². The van der Waals surface area contributed by atoms with Crippen LogP contribution in [0.3, 0.4) is 0 Å². The van der Waals surface area contributed by atoms with E-state index < -0.39 is 0 Å². The van der Waals surface area contributed by atoms with Crippen molar-refractivity contribution in [1.82, 2.24) is 14.5 Å². The molecule has 0 saturated carbocycles. The lowest BCUT2D eigenvalue weighted by Gasteiger charge is -2.13. The number of rotatable bonds is 10. The molecule has 0 saturated heterocycles. The van der Waals surface area contributed by atoms with Crippen molar-refractivity contribution in [3.63, 3.8) is 0 Å². The topological polar surface area (TPSA) is 112 Å². The SMILES string of the molecule is CCCCc1nc2c(N)nc3ccc(CCOCCN)cc3c2n1Cc1ccc(O)c(C)c1. The summed E-state index contributed by atoms with van der Waals surface area (Å²) in [6, 6.07) is 12.0. The van der Waals surface area contributed by atoms with Crippen LogP contribution < -0.4 is 11.5 Å². The van der Waals surface area contributed by atoms with Crippen LogP contribution in [-0.2, 0) is 24.1 Å². The lowest BCUT2D eigenvalue weighted by Crippen LogP contribution is -2.10. The van der Waals surface area contributed by atoms with Gasteiger partial charge in [0.25, 0.3) is 0 Å². The van der Waals surface area contributed by atoms with Crippen molar-refractivity contribution >= 4 is 27.8 Å². The fourth-order valence-corrected chi connectivity index (χ4v) is 4.23. The Morgan fingerprint density at radius 2 is 1.85 bits per heavy atom. The van der Waals surface area contributed by atoms with Gasteiger partial charge in [0, 0.05) is 24.9 Å². The average Bonchev–Trinajstić information content (AvgIpc) is 3.17. The van der Waals surface area contributed by atoms with Crippen LogP contribution in [0.4, 0.5) is 5.82 Å². The first-order valence-electron chi connectivity index (χ1n) is 11.6. The molecule has 0 spiro atoms. The number of aromatic nitrogens is 3. The van der Waals surface area contributed by atoms with Gasteiger partial charge in [-0.15, -0.1) is 0 Å². The van der Waals surface area contributed by atoms with Crippen molar-refractivity contribution in [1.29, 1.82) is 0 Å². The van der Waals surface area contributed by atoms with E-state index in [1.807, 2.05) is 25.1 Å². The number of pyridine rings is 1. The van der Waals surface area contributed by atoms with Gasteiger partial charge in [-0.1, -0.05) is 31.5 Å². The summed E-state index contributed by atoms with van der Waals surface area (Å²) in [5, 5.41) is 11.0. The van der Waals surface area contributed by atoms with Gasteiger partial charge in [-0.05, 0) is 54.7 Å². The molecule has 0 amide bonds. The van der Waals surface area contributed by atoms with Crippen LogP contribution in [-0.4, -0.2) is 39.4 Å². The maximum Gasteiger partial charge on any atom is 0.152 e. The monoisotopic (exact) mass is 447 g/mol. The molecule has 0 radical (unpaired) electrons. The van der Waals surface area contributed by atoms with E-state index in [-0.39, 0.29) is 0 Å². The molecule has 4 rings (SSSR count). The number of imidazole rings is 1. The van der Waals surface area contributed by atoms with E-state index >= 15 is 0 Å². The molecule has 0 aliphatic carbocycles. The second kappa shape index (κ2) is 10.2. The molecule has 0 atom stereocenters.